The van der Waals surface area contributed by atoms with Gasteiger partial charge in [-0.15, -0.1) is 10.2 Å². The number of aromatic nitrogens is 2. The molecule has 0 saturated heterocycles. The van der Waals surface area contributed by atoms with Gasteiger partial charge in [-0.2, -0.15) is 5.10 Å². The Labute approximate surface area is 114 Å². The first-order valence-electron chi connectivity index (χ1n) is 5.34. The molecule has 0 aliphatic heterocycles. The van der Waals surface area contributed by atoms with E-state index in [-0.39, 0.29) is 5.75 Å². The van der Waals surface area contributed by atoms with Gasteiger partial charge in [-0.05, 0) is 35.9 Å². The summed E-state index contributed by atoms with van der Waals surface area (Å²) in [6.07, 6.45) is 1.57. The van der Waals surface area contributed by atoms with Crippen LogP contribution in [0.3, 0.4) is 0 Å². The number of benzene rings is 1. The minimum Gasteiger partial charge on any atom is -0.504 e. The van der Waals surface area contributed by atoms with Crippen molar-refractivity contribution in [2.75, 3.05) is 12.5 Å². The van der Waals surface area contributed by atoms with Crippen LogP contribution >= 0.6 is 11.6 Å². The smallest absolute Gasteiger partial charge is 0.168 e. The highest BCUT2D eigenvalue weighted by Gasteiger charge is 2.00. The number of nitrogens with one attached hydrogen (secondary N) is 1. The van der Waals surface area contributed by atoms with Gasteiger partial charge in [0.2, 0.25) is 0 Å². The number of nitrogens with zero attached hydrogens (tertiary/aromatic N) is 3. The molecular formula is C12H11ClN4O2. The number of anilines is 1. The Balaban J connectivity index is 2.04. The zero-order valence-electron chi connectivity index (χ0n) is 10.0. The van der Waals surface area contributed by atoms with E-state index < -0.39 is 0 Å². The molecule has 7 heteroatoms. The molecule has 1 aromatic carbocycles. The van der Waals surface area contributed by atoms with E-state index in [2.05, 4.69) is 20.7 Å². The molecule has 2 N–H and O–H groups in total. The molecule has 0 bridgehead atoms. The summed E-state index contributed by atoms with van der Waals surface area (Å²) in [5.74, 6) is 0.942. The number of halogens is 1. The maximum absolute atomic E-state index is 9.45. The first-order valence-corrected chi connectivity index (χ1v) is 5.72. The fourth-order valence-electron chi connectivity index (χ4n) is 1.32. The van der Waals surface area contributed by atoms with Crippen LogP contribution in [0, 0.1) is 0 Å². The minimum atomic E-state index is 0.0798. The van der Waals surface area contributed by atoms with Crippen molar-refractivity contribution in [3.05, 3.63) is 41.0 Å². The van der Waals surface area contributed by atoms with Crippen molar-refractivity contribution in [2.24, 2.45) is 5.10 Å². The maximum Gasteiger partial charge on any atom is 0.168 e. The third kappa shape index (κ3) is 3.56. The van der Waals surface area contributed by atoms with Crippen LogP contribution in [0.4, 0.5) is 5.82 Å². The van der Waals surface area contributed by atoms with Crippen LogP contribution in [-0.2, 0) is 0 Å². The van der Waals surface area contributed by atoms with Crippen molar-refractivity contribution < 1.29 is 9.84 Å². The molecule has 98 valence electrons. The Hall–Kier alpha value is -2.34. The average molecular weight is 279 g/mol. The fraction of sp³-hybridized carbons (Fsp3) is 0.0833. The van der Waals surface area contributed by atoms with Gasteiger partial charge in [0.15, 0.2) is 22.5 Å². The predicted octanol–water partition coefficient (Wildman–Crippen LogP) is 2.29. The predicted molar refractivity (Wildman–Crippen MR) is 72.9 cm³/mol. The minimum absolute atomic E-state index is 0.0798. The highest BCUT2D eigenvalue weighted by Crippen LogP contribution is 2.25. The van der Waals surface area contributed by atoms with Crippen molar-refractivity contribution in [1.82, 2.24) is 10.2 Å². The van der Waals surface area contributed by atoms with E-state index in [0.717, 1.165) is 5.56 Å². The molecule has 0 atom stereocenters. The Morgan fingerprint density at radius 1 is 1.32 bits per heavy atom. The normalized spacial score (nSPS) is 10.6. The van der Waals surface area contributed by atoms with Crippen molar-refractivity contribution in [1.29, 1.82) is 0 Å². The molecule has 1 heterocycles. The van der Waals surface area contributed by atoms with Crippen molar-refractivity contribution in [2.45, 2.75) is 0 Å². The van der Waals surface area contributed by atoms with E-state index in [4.69, 9.17) is 16.3 Å². The summed E-state index contributed by atoms with van der Waals surface area (Å²) >= 11 is 5.61. The number of phenols is 1. The monoisotopic (exact) mass is 278 g/mol. The van der Waals surface area contributed by atoms with Crippen LogP contribution in [0.2, 0.25) is 5.15 Å². The zero-order valence-corrected chi connectivity index (χ0v) is 10.8. The number of ether oxygens (including phenoxy) is 1. The number of aromatic hydroxyl groups is 1. The van der Waals surface area contributed by atoms with Gasteiger partial charge >= 0.3 is 0 Å². The Morgan fingerprint density at radius 2 is 2.16 bits per heavy atom. The van der Waals surface area contributed by atoms with Crippen LogP contribution in [0.1, 0.15) is 5.56 Å². The lowest BCUT2D eigenvalue weighted by Gasteiger charge is -2.03. The number of phenolic OH excluding ortho intramolecular Hbond substituents is 1. The molecule has 19 heavy (non-hydrogen) atoms. The maximum atomic E-state index is 9.45. The van der Waals surface area contributed by atoms with Gasteiger partial charge in [0.1, 0.15) is 0 Å². The number of hydrazone groups is 1. The van der Waals surface area contributed by atoms with Crippen molar-refractivity contribution in [3.63, 3.8) is 0 Å². The van der Waals surface area contributed by atoms with Gasteiger partial charge in [-0.1, -0.05) is 11.6 Å². The molecule has 2 rings (SSSR count). The van der Waals surface area contributed by atoms with Gasteiger partial charge in [-0.25, -0.2) is 0 Å². The molecule has 6 nitrogen and oxygen atoms in total. The largest absolute Gasteiger partial charge is 0.504 e. The fourth-order valence-corrected chi connectivity index (χ4v) is 1.42. The molecule has 0 amide bonds. The third-order valence-corrected chi connectivity index (χ3v) is 2.43. The topological polar surface area (TPSA) is 79.6 Å². The van der Waals surface area contributed by atoms with Crippen molar-refractivity contribution >= 4 is 23.6 Å². The second-order valence-electron chi connectivity index (χ2n) is 3.54. The summed E-state index contributed by atoms with van der Waals surface area (Å²) in [4.78, 5) is 0. The lowest BCUT2D eigenvalue weighted by Crippen LogP contribution is -1.95. The van der Waals surface area contributed by atoms with E-state index >= 15 is 0 Å². The zero-order chi connectivity index (χ0) is 13.7. The van der Waals surface area contributed by atoms with E-state index in [0.29, 0.717) is 16.7 Å². The quantitative estimate of drug-likeness (QED) is 0.662. The number of hydrogen-bond acceptors (Lipinski definition) is 6. The third-order valence-electron chi connectivity index (χ3n) is 2.23. The Morgan fingerprint density at radius 3 is 2.84 bits per heavy atom. The summed E-state index contributed by atoms with van der Waals surface area (Å²) in [6, 6.07) is 8.16. The number of methoxy groups -OCH3 is 1. The van der Waals surface area contributed by atoms with Gasteiger partial charge in [0.25, 0.3) is 0 Å². The van der Waals surface area contributed by atoms with Crippen LogP contribution < -0.4 is 10.2 Å². The molecule has 0 radical (unpaired) electrons. The van der Waals surface area contributed by atoms with Crippen LogP contribution in [0.25, 0.3) is 0 Å². The van der Waals surface area contributed by atoms with Crippen LogP contribution in [0.5, 0.6) is 11.5 Å². The standard InChI is InChI=1S/C12H11ClN4O2/c1-19-10-6-8(2-3-9(10)18)7-14-16-12-5-4-11(13)15-17-12/h2-7,18H,1H3,(H,16,17). The van der Waals surface area contributed by atoms with Gasteiger partial charge in [0, 0.05) is 0 Å². The first-order chi connectivity index (χ1) is 9.19. The second-order valence-corrected chi connectivity index (χ2v) is 3.93. The molecule has 1 aromatic heterocycles. The molecular weight excluding hydrogens is 268 g/mol. The Bertz CT molecular complexity index is 587. The molecule has 0 aliphatic rings. The SMILES string of the molecule is COc1cc(C=NNc2ccc(Cl)nn2)ccc1O. The molecule has 2 aromatic rings. The summed E-state index contributed by atoms with van der Waals surface area (Å²) < 4.78 is 4.99. The van der Waals surface area contributed by atoms with Gasteiger partial charge < -0.3 is 9.84 Å². The summed E-state index contributed by atoms with van der Waals surface area (Å²) in [6.45, 7) is 0. The van der Waals surface area contributed by atoms with Crippen LogP contribution in [0.15, 0.2) is 35.4 Å². The Kier molecular flexibility index (Phi) is 4.15. The van der Waals surface area contributed by atoms with Gasteiger partial charge in [-0.3, -0.25) is 5.43 Å². The van der Waals surface area contributed by atoms with E-state index in [9.17, 15) is 5.11 Å². The lowest BCUT2D eigenvalue weighted by atomic mass is 10.2. The number of hydrogen-bond donors (Lipinski definition) is 2. The van der Waals surface area contributed by atoms with E-state index in [1.807, 2.05) is 0 Å². The van der Waals surface area contributed by atoms with Crippen molar-refractivity contribution in [3.8, 4) is 11.5 Å². The second kappa shape index (κ2) is 6.01. The lowest BCUT2D eigenvalue weighted by molar-refractivity contribution is 0.373. The average Bonchev–Trinajstić information content (AvgIpc) is 2.43. The van der Waals surface area contributed by atoms with E-state index in [1.54, 1.807) is 30.5 Å². The molecule has 0 unspecified atom stereocenters. The van der Waals surface area contributed by atoms with Crippen LogP contribution in [-0.4, -0.2) is 28.6 Å². The van der Waals surface area contributed by atoms with E-state index in [1.165, 1.54) is 13.2 Å². The first kappa shape index (κ1) is 13.1. The highest BCUT2D eigenvalue weighted by molar-refractivity contribution is 6.29. The summed E-state index contributed by atoms with van der Waals surface area (Å²) in [7, 11) is 1.48. The number of rotatable bonds is 4. The summed E-state index contributed by atoms with van der Waals surface area (Å²) in [5, 5.41) is 21.2. The summed E-state index contributed by atoms with van der Waals surface area (Å²) in [5.41, 5.74) is 3.47. The van der Waals surface area contributed by atoms with Gasteiger partial charge in [0.05, 0.1) is 13.3 Å². The molecule has 0 fully saturated rings. The molecule has 0 spiro atoms. The highest BCUT2D eigenvalue weighted by atomic mass is 35.5. The molecule has 0 aliphatic carbocycles. The molecule has 0 saturated carbocycles.